The van der Waals surface area contributed by atoms with Crippen LogP contribution in [0.3, 0.4) is 0 Å². The smallest absolute Gasteiger partial charge is 0.134 e. The van der Waals surface area contributed by atoms with E-state index in [0.717, 1.165) is 17.9 Å². The summed E-state index contributed by atoms with van der Waals surface area (Å²) in [5.74, 6) is 0.985. The molecular formula is C14H22N2O. The van der Waals surface area contributed by atoms with Crippen molar-refractivity contribution in [3.63, 3.8) is 0 Å². The monoisotopic (exact) mass is 234 g/mol. The molecule has 0 spiro atoms. The van der Waals surface area contributed by atoms with Crippen molar-refractivity contribution in [3.05, 3.63) is 23.9 Å². The molecule has 0 aromatic carbocycles. The normalized spacial score (nSPS) is 16.9. The summed E-state index contributed by atoms with van der Waals surface area (Å²) in [7, 11) is 0. The minimum absolute atomic E-state index is 0.443. The van der Waals surface area contributed by atoms with Crippen LogP contribution >= 0.6 is 0 Å². The molecule has 1 aliphatic carbocycles. The van der Waals surface area contributed by atoms with Crippen molar-refractivity contribution in [2.24, 2.45) is 0 Å². The van der Waals surface area contributed by atoms with Crippen molar-refractivity contribution >= 4 is 5.82 Å². The van der Waals surface area contributed by atoms with Gasteiger partial charge in [-0.2, -0.15) is 0 Å². The predicted octanol–water partition coefficient (Wildman–Crippen LogP) is 2.90. The van der Waals surface area contributed by atoms with Crippen LogP contribution in [0.5, 0.6) is 0 Å². The number of aliphatic hydroxyl groups excluding tert-OH is 1. The van der Waals surface area contributed by atoms with Crippen LogP contribution in [-0.4, -0.2) is 22.7 Å². The zero-order valence-electron chi connectivity index (χ0n) is 10.8. The predicted molar refractivity (Wildman–Crippen MR) is 70.1 cm³/mol. The van der Waals surface area contributed by atoms with Crippen LogP contribution in [0.4, 0.5) is 5.82 Å². The number of pyridine rings is 1. The molecule has 0 aliphatic heterocycles. The molecule has 0 radical (unpaired) electrons. The molecule has 3 heteroatoms. The van der Waals surface area contributed by atoms with Crippen LogP contribution in [0.2, 0.25) is 0 Å². The molecule has 3 nitrogen and oxygen atoms in total. The van der Waals surface area contributed by atoms with Gasteiger partial charge in [0.25, 0.3) is 0 Å². The summed E-state index contributed by atoms with van der Waals surface area (Å²) in [6.07, 6.45) is 6.29. The Labute approximate surface area is 103 Å². The van der Waals surface area contributed by atoms with Crippen LogP contribution in [0.1, 0.15) is 51.2 Å². The molecule has 17 heavy (non-hydrogen) atoms. The van der Waals surface area contributed by atoms with E-state index in [1.54, 1.807) is 0 Å². The molecule has 1 fully saturated rings. The Morgan fingerprint density at radius 3 is 2.88 bits per heavy atom. The average molecular weight is 234 g/mol. The Hall–Kier alpha value is -1.09. The van der Waals surface area contributed by atoms with Crippen LogP contribution in [-0.2, 0) is 0 Å². The number of anilines is 1. The van der Waals surface area contributed by atoms with Crippen molar-refractivity contribution in [3.8, 4) is 0 Å². The fourth-order valence-corrected chi connectivity index (χ4v) is 2.15. The second kappa shape index (κ2) is 5.50. The lowest BCUT2D eigenvalue weighted by atomic mass is 10.1. The Balaban J connectivity index is 2.22. The fourth-order valence-electron chi connectivity index (χ4n) is 2.15. The van der Waals surface area contributed by atoms with E-state index < -0.39 is 6.10 Å². The molecule has 1 heterocycles. The molecule has 0 saturated heterocycles. The summed E-state index contributed by atoms with van der Waals surface area (Å²) in [6, 6.07) is 4.53. The first kappa shape index (κ1) is 12.4. The number of aromatic nitrogens is 1. The molecule has 0 unspecified atom stereocenters. The number of aliphatic hydroxyl groups is 1. The number of rotatable bonds is 6. The molecule has 1 aliphatic rings. The molecule has 0 bridgehead atoms. The van der Waals surface area contributed by atoms with Gasteiger partial charge in [0.1, 0.15) is 5.82 Å². The molecule has 1 atom stereocenters. The highest BCUT2D eigenvalue weighted by Crippen LogP contribution is 2.34. The zero-order chi connectivity index (χ0) is 12.3. The molecule has 1 N–H and O–H groups in total. The first-order valence-electron chi connectivity index (χ1n) is 6.63. The maximum Gasteiger partial charge on any atom is 0.134 e. The highest BCUT2D eigenvalue weighted by molar-refractivity contribution is 5.49. The van der Waals surface area contributed by atoms with Crippen LogP contribution in [0.15, 0.2) is 18.3 Å². The molecule has 2 rings (SSSR count). The van der Waals surface area contributed by atoms with E-state index in [9.17, 15) is 5.11 Å². The lowest BCUT2D eigenvalue weighted by Crippen LogP contribution is -2.29. The second-order valence-electron chi connectivity index (χ2n) is 4.87. The van der Waals surface area contributed by atoms with Crippen molar-refractivity contribution in [1.29, 1.82) is 0 Å². The van der Waals surface area contributed by atoms with Gasteiger partial charge >= 0.3 is 0 Å². The highest BCUT2D eigenvalue weighted by Gasteiger charge is 2.31. The summed E-state index contributed by atoms with van der Waals surface area (Å²) in [5.41, 5.74) is 0.954. The van der Waals surface area contributed by atoms with Crippen molar-refractivity contribution < 1.29 is 5.11 Å². The Kier molecular flexibility index (Phi) is 4.00. The van der Waals surface area contributed by atoms with Crippen molar-refractivity contribution in [2.45, 2.75) is 51.7 Å². The quantitative estimate of drug-likeness (QED) is 0.822. The van der Waals surface area contributed by atoms with Gasteiger partial charge in [0.05, 0.1) is 6.10 Å². The summed E-state index contributed by atoms with van der Waals surface area (Å²) in [5, 5.41) is 9.81. The molecular weight excluding hydrogens is 212 g/mol. The molecule has 94 valence electrons. The first-order chi connectivity index (χ1) is 8.24. The average Bonchev–Trinajstić information content (AvgIpc) is 3.14. The summed E-state index contributed by atoms with van der Waals surface area (Å²) in [6.45, 7) is 5.07. The third kappa shape index (κ3) is 2.97. The maximum absolute atomic E-state index is 9.81. The van der Waals surface area contributed by atoms with Gasteiger partial charge < -0.3 is 10.0 Å². The van der Waals surface area contributed by atoms with E-state index in [1.165, 1.54) is 25.7 Å². The van der Waals surface area contributed by atoms with E-state index in [2.05, 4.69) is 16.8 Å². The third-order valence-electron chi connectivity index (χ3n) is 3.28. The van der Waals surface area contributed by atoms with Gasteiger partial charge in [-0.1, -0.05) is 19.4 Å². The minimum Gasteiger partial charge on any atom is -0.389 e. The van der Waals surface area contributed by atoms with E-state index in [4.69, 9.17) is 0 Å². The zero-order valence-corrected chi connectivity index (χ0v) is 10.8. The van der Waals surface area contributed by atoms with Gasteiger partial charge in [-0.3, -0.25) is 0 Å². The lowest BCUT2D eigenvalue weighted by molar-refractivity contribution is 0.199. The van der Waals surface area contributed by atoms with E-state index in [-0.39, 0.29) is 0 Å². The summed E-state index contributed by atoms with van der Waals surface area (Å²) < 4.78 is 0. The van der Waals surface area contributed by atoms with Crippen LogP contribution < -0.4 is 4.90 Å². The Morgan fingerprint density at radius 2 is 2.29 bits per heavy atom. The number of hydrogen-bond donors (Lipinski definition) is 1. The Bertz CT molecular complexity index is 361. The van der Waals surface area contributed by atoms with E-state index >= 15 is 0 Å². The van der Waals surface area contributed by atoms with Crippen molar-refractivity contribution in [1.82, 2.24) is 4.98 Å². The van der Waals surface area contributed by atoms with Gasteiger partial charge in [0.2, 0.25) is 0 Å². The fraction of sp³-hybridized carbons (Fsp3) is 0.643. The van der Waals surface area contributed by atoms with Gasteiger partial charge in [-0.05, 0) is 32.3 Å². The number of nitrogens with zero attached hydrogens (tertiary/aromatic N) is 2. The SMILES string of the molecule is CCCCN(c1ncccc1[C@@H](C)O)C1CC1. The van der Waals surface area contributed by atoms with Crippen LogP contribution in [0, 0.1) is 0 Å². The van der Waals surface area contributed by atoms with Crippen LogP contribution in [0.25, 0.3) is 0 Å². The molecule has 1 aromatic rings. The second-order valence-corrected chi connectivity index (χ2v) is 4.87. The maximum atomic E-state index is 9.81. The Morgan fingerprint density at radius 1 is 1.53 bits per heavy atom. The number of hydrogen-bond acceptors (Lipinski definition) is 3. The van der Waals surface area contributed by atoms with Gasteiger partial charge in [0.15, 0.2) is 0 Å². The van der Waals surface area contributed by atoms with E-state index in [0.29, 0.717) is 6.04 Å². The molecule has 1 saturated carbocycles. The standard InChI is InChI=1S/C14H22N2O/c1-3-4-10-16(12-7-8-12)14-13(11(2)17)6-5-9-15-14/h5-6,9,11-12,17H,3-4,7-8,10H2,1-2H3/t11-/m1/s1. The van der Waals surface area contributed by atoms with E-state index in [1.807, 2.05) is 25.3 Å². The minimum atomic E-state index is -0.443. The summed E-state index contributed by atoms with van der Waals surface area (Å²) in [4.78, 5) is 6.86. The van der Waals surface area contributed by atoms with Gasteiger partial charge in [-0.15, -0.1) is 0 Å². The van der Waals surface area contributed by atoms with Crippen molar-refractivity contribution in [2.75, 3.05) is 11.4 Å². The molecule has 1 aromatic heterocycles. The highest BCUT2D eigenvalue weighted by atomic mass is 16.3. The molecule has 0 amide bonds. The lowest BCUT2D eigenvalue weighted by Gasteiger charge is -2.26. The largest absolute Gasteiger partial charge is 0.389 e. The van der Waals surface area contributed by atoms with Gasteiger partial charge in [-0.25, -0.2) is 4.98 Å². The topological polar surface area (TPSA) is 36.4 Å². The number of unbranched alkanes of at least 4 members (excludes halogenated alkanes) is 1. The first-order valence-corrected chi connectivity index (χ1v) is 6.63. The van der Waals surface area contributed by atoms with Gasteiger partial charge in [0, 0.05) is 24.3 Å². The summed E-state index contributed by atoms with van der Waals surface area (Å²) >= 11 is 0. The third-order valence-corrected chi connectivity index (χ3v) is 3.28.